The van der Waals surface area contributed by atoms with Crippen LogP contribution in [-0.4, -0.2) is 22.1 Å². The Bertz CT molecular complexity index is 597. The molecule has 1 heterocycles. The summed E-state index contributed by atoms with van der Waals surface area (Å²) in [4.78, 5) is 8.37. The first-order valence-corrected chi connectivity index (χ1v) is 6.57. The van der Waals surface area contributed by atoms with E-state index in [1.807, 2.05) is 26.0 Å². The second-order valence-corrected chi connectivity index (χ2v) is 4.96. The van der Waals surface area contributed by atoms with Gasteiger partial charge in [0.2, 0.25) is 11.7 Å². The van der Waals surface area contributed by atoms with E-state index in [4.69, 9.17) is 21.9 Å². The lowest BCUT2D eigenvalue weighted by molar-refractivity contribution is 0.380. The van der Waals surface area contributed by atoms with Gasteiger partial charge in [0.15, 0.2) is 5.96 Å². The van der Waals surface area contributed by atoms with Crippen molar-refractivity contribution in [2.45, 2.75) is 26.4 Å². The fourth-order valence-corrected chi connectivity index (χ4v) is 1.66. The van der Waals surface area contributed by atoms with Crippen LogP contribution < -0.4 is 11.1 Å². The number of rotatable bonds is 4. The quantitative estimate of drug-likeness (QED) is 0.450. The predicted molar refractivity (Wildman–Crippen MR) is 93.8 cm³/mol. The van der Waals surface area contributed by atoms with Crippen LogP contribution in [0.5, 0.6) is 0 Å². The fraction of sp³-hybridized carbons (Fsp3) is 0.308. The van der Waals surface area contributed by atoms with E-state index in [-0.39, 0.29) is 36.6 Å². The normalized spacial score (nSPS) is 11.3. The minimum atomic E-state index is 0. The lowest BCUT2D eigenvalue weighted by Crippen LogP contribution is -2.36. The van der Waals surface area contributed by atoms with Crippen molar-refractivity contribution in [1.82, 2.24) is 15.5 Å². The molecule has 0 amide bonds. The molecule has 0 aliphatic rings. The van der Waals surface area contributed by atoms with E-state index in [0.717, 1.165) is 5.56 Å². The standard InChI is InChI=1S/C13H16ClN5O.HI/c1-8(2)17-13(15)16-7-11-18-12(19-20-11)9-3-5-10(14)6-4-9;/h3-6,8H,7H2,1-2H3,(H3,15,16,17);1H. The van der Waals surface area contributed by atoms with Crippen molar-refractivity contribution >= 4 is 41.5 Å². The first kappa shape index (κ1) is 17.7. The third kappa shape index (κ3) is 5.50. The molecule has 0 saturated heterocycles. The summed E-state index contributed by atoms with van der Waals surface area (Å²) in [5, 5.41) is 7.54. The van der Waals surface area contributed by atoms with E-state index < -0.39 is 0 Å². The Kier molecular flexibility index (Phi) is 6.90. The molecule has 6 nitrogen and oxygen atoms in total. The van der Waals surface area contributed by atoms with Crippen LogP contribution in [0.4, 0.5) is 0 Å². The molecule has 2 rings (SSSR count). The average molecular weight is 422 g/mol. The van der Waals surface area contributed by atoms with Crippen molar-refractivity contribution < 1.29 is 4.52 Å². The molecule has 1 aromatic heterocycles. The number of hydrogen-bond acceptors (Lipinski definition) is 4. The Hall–Kier alpha value is -1.35. The van der Waals surface area contributed by atoms with E-state index in [1.54, 1.807) is 12.1 Å². The summed E-state index contributed by atoms with van der Waals surface area (Å²) in [7, 11) is 0. The zero-order chi connectivity index (χ0) is 14.5. The number of aromatic nitrogens is 2. The Morgan fingerprint density at radius 1 is 1.38 bits per heavy atom. The van der Waals surface area contributed by atoms with Crippen LogP contribution >= 0.6 is 35.6 Å². The molecule has 3 N–H and O–H groups in total. The molecular formula is C13H17ClIN5O. The monoisotopic (exact) mass is 421 g/mol. The SMILES string of the molecule is CC(C)NC(N)=NCc1nc(-c2ccc(Cl)cc2)no1.I. The van der Waals surface area contributed by atoms with Crippen LogP contribution in [0, 0.1) is 0 Å². The lowest BCUT2D eigenvalue weighted by Gasteiger charge is -2.07. The zero-order valence-electron chi connectivity index (χ0n) is 11.7. The second kappa shape index (κ2) is 8.18. The van der Waals surface area contributed by atoms with Crippen LogP contribution in [0.15, 0.2) is 33.8 Å². The molecule has 2 aromatic rings. The van der Waals surface area contributed by atoms with Gasteiger partial charge in [-0.1, -0.05) is 16.8 Å². The third-order valence-corrected chi connectivity index (χ3v) is 2.64. The van der Waals surface area contributed by atoms with E-state index in [9.17, 15) is 0 Å². The van der Waals surface area contributed by atoms with Crippen LogP contribution in [0.2, 0.25) is 5.02 Å². The summed E-state index contributed by atoms with van der Waals surface area (Å²) in [6, 6.07) is 7.43. The maximum Gasteiger partial charge on any atom is 0.248 e. The van der Waals surface area contributed by atoms with Crippen molar-refractivity contribution in [2.24, 2.45) is 10.7 Å². The first-order chi connectivity index (χ1) is 9.54. The minimum Gasteiger partial charge on any atom is -0.370 e. The van der Waals surface area contributed by atoms with Crippen LogP contribution in [-0.2, 0) is 6.54 Å². The second-order valence-electron chi connectivity index (χ2n) is 4.52. The van der Waals surface area contributed by atoms with Crippen molar-refractivity contribution in [3.63, 3.8) is 0 Å². The first-order valence-electron chi connectivity index (χ1n) is 6.19. The molecule has 1 aromatic carbocycles. The molecule has 114 valence electrons. The molecule has 0 bridgehead atoms. The molecule has 0 fully saturated rings. The van der Waals surface area contributed by atoms with Gasteiger partial charge < -0.3 is 15.6 Å². The van der Waals surface area contributed by atoms with Gasteiger partial charge in [0.1, 0.15) is 6.54 Å². The van der Waals surface area contributed by atoms with Crippen LogP contribution in [0.1, 0.15) is 19.7 Å². The van der Waals surface area contributed by atoms with Crippen molar-refractivity contribution in [3.8, 4) is 11.4 Å². The Morgan fingerprint density at radius 2 is 2.05 bits per heavy atom. The highest BCUT2D eigenvalue weighted by molar-refractivity contribution is 14.0. The molecule has 0 atom stereocenters. The molecule has 8 heteroatoms. The topological polar surface area (TPSA) is 89.3 Å². The van der Waals surface area contributed by atoms with Gasteiger partial charge in [0, 0.05) is 16.6 Å². The summed E-state index contributed by atoms with van der Waals surface area (Å²) in [6.07, 6.45) is 0. The Labute approximate surface area is 145 Å². The molecule has 21 heavy (non-hydrogen) atoms. The highest BCUT2D eigenvalue weighted by Crippen LogP contribution is 2.18. The maximum atomic E-state index is 5.83. The third-order valence-electron chi connectivity index (χ3n) is 2.39. The highest BCUT2D eigenvalue weighted by Gasteiger charge is 2.08. The number of nitrogens with two attached hydrogens (primary N) is 1. The molecule has 0 spiro atoms. The van der Waals surface area contributed by atoms with E-state index in [1.165, 1.54) is 0 Å². The van der Waals surface area contributed by atoms with Gasteiger partial charge in [-0.2, -0.15) is 4.98 Å². The largest absolute Gasteiger partial charge is 0.370 e. The van der Waals surface area contributed by atoms with Gasteiger partial charge >= 0.3 is 0 Å². The van der Waals surface area contributed by atoms with Gasteiger partial charge in [-0.05, 0) is 38.1 Å². The summed E-state index contributed by atoms with van der Waals surface area (Å²) in [5.41, 5.74) is 6.53. The Balaban J connectivity index is 0.00000220. The number of nitrogens with one attached hydrogen (secondary N) is 1. The van der Waals surface area contributed by atoms with Gasteiger partial charge in [0.25, 0.3) is 0 Å². The van der Waals surface area contributed by atoms with Gasteiger partial charge in [-0.3, -0.25) is 0 Å². The molecule has 0 aliphatic heterocycles. The molecule has 0 unspecified atom stereocenters. The number of benzene rings is 1. The maximum absolute atomic E-state index is 5.83. The Morgan fingerprint density at radius 3 is 2.67 bits per heavy atom. The van der Waals surface area contributed by atoms with Gasteiger partial charge in [-0.15, -0.1) is 24.0 Å². The molecular weight excluding hydrogens is 405 g/mol. The van der Waals surface area contributed by atoms with Crippen molar-refractivity contribution in [3.05, 3.63) is 35.2 Å². The highest BCUT2D eigenvalue weighted by atomic mass is 127. The summed E-state index contributed by atoms with van der Waals surface area (Å²) in [5.74, 6) is 1.26. The minimum absolute atomic E-state index is 0. The number of halogens is 2. The summed E-state index contributed by atoms with van der Waals surface area (Å²) < 4.78 is 5.12. The van der Waals surface area contributed by atoms with Gasteiger partial charge in [0.05, 0.1) is 0 Å². The van der Waals surface area contributed by atoms with Crippen molar-refractivity contribution in [2.75, 3.05) is 0 Å². The number of nitrogens with zero attached hydrogens (tertiary/aromatic N) is 3. The zero-order valence-corrected chi connectivity index (χ0v) is 14.8. The fourth-order valence-electron chi connectivity index (χ4n) is 1.53. The van der Waals surface area contributed by atoms with E-state index in [2.05, 4.69) is 20.4 Å². The van der Waals surface area contributed by atoms with Crippen LogP contribution in [0.25, 0.3) is 11.4 Å². The summed E-state index contributed by atoms with van der Waals surface area (Å²) in [6.45, 7) is 4.20. The number of aliphatic imine (C=N–C) groups is 1. The smallest absolute Gasteiger partial charge is 0.248 e. The molecule has 0 aliphatic carbocycles. The predicted octanol–water partition coefficient (Wildman–Crippen LogP) is 2.82. The molecule has 0 saturated carbocycles. The van der Waals surface area contributed by atoms with Crippen LogP contribution in [0.3, 0.4) is 0 Å². The number of guanidine groups is 1. The van der Waals surface area contributed by atoms with Gasteiger partial charge in [-0.25, -0.2) is 4.99 Å². The average Bonchev–Trinajstić information content (AvgIpc) is 2.85. The van der Waals surface area contributed by atoms with Crippen molar-refractivity contribution in [1.29, 1.82) is 0 Å². The molecule has 0 radical (unpaired) electrons. The number of hydrogen-bond donors (Lipinski definition) is 2. The van der Waals surface area contributed by atoms with E-state index >= 15 is 0 Å². The van der Waals surface area contributed by atoms with E-state index in [0.29, 0.717) is 22.7 Å². The summed E-state index contributed by atoms with van der Waals surface area (Å²) >= 11 is 5.83. The lowest BCUT2D eigenvalue weighted by atomic mass is 10.2.